The van der Waals surface area contributed by atoms with E-state index in [0.29, 0.717) is 43.7 Å². The van der Waals surface area contributed by atoms with Crippen molar-refractivity contribution in [1.82, 2.24) is 4.90 Å². The molecule has 2 atom stereocenters. The minimum absolute atomic E-state index is 0.105. The highest BCUT2D eigenvalue weighted by molar-refractivity contribution is 6.36. The molecule has 7 rings (SSSR count). The normalized spacial score (nSPS) is 25.8. The Morgan fingerprint density at radius 1 is 0.800 bits per heavy atom. The van der Waals surface area contributed by atoms with Crippen LogP contribution in [0.5, 0.6) is 5.75 Å². The number of nitrogens with zero attached hydrogens (tertiary/aromatic N) is 1. The van der Waals surface area contributed by atoms with Gasteiger partial charge in [0.15, 0.2) is 0 Å². The lowest BCUT2D eigenvalue weighted by Gasteiger charge is -2.54. The van der Waals surface area contributed by atoms with Crippen LogP contribution in [0.4, 0.5) is 5.69 Å². The first kappa shape index (κ1) is 26.9. The number of para-hydroxylation sites is 2. The summed E-state index contributed by atoms with van der Waals surface area (Å²) in [7, 11) is 0. The van der Waals surface area contributed by atoms with Crippen molar-refractivity contribution in [3.8, 4) is 5.75 Å². The Bertz CT molecular complexity index is 1380. The lowest BCUT2D eigenvalue weighted by Crippen LogP contribution is -2.57. The molecule has 0 saturated carbocycles. The Labute approximate surface area is 243 Å². The van der Waals surface area contributed by atoms with Gasteiger partial charge in [0.05, 0.1) is 24.1 Å². The third-order valence-corrected chi connectivity index (χ3v) is 9.71. The van der Waals surface area contributed by atoms with Gasteiger partial charge in [-0.3, -0.25) is 19.3 Å². The summed E-state index contributed by atoms with van der Waals surface area (Å²) >= 11 is 14.9. The van der Waals surface area contributed by atoms with Crippen LogP contribution >= 0.6 is 23.2 Å². The summed E-state index contributed by atoms with van der Waals surface area (Å²) in [6, 6.07) is 22.6. The minimum atomic E-state index is -1.16. The van der Waals surface area contributed by atoms with Crippen LogP contribution in [0, 0.1) is 11.8 Å². The van der Waals surface area contributed by atoms with Gasteiger partial charge in [-0.05, 0) is 54.2 Å². The molecule has 1 heterocycles. The molecule has 8 heteroatoms. The molecule has 6 nitrogen and oxygen atoms in total. The fourth-order valence-corrected chi connectivity index (χ4v) is 7.84. The number of likely N-dealkylation sites (tertiary alicyclic amines) is 1. The molecular formula is C32H30Cl2N2O4. The lowest BCUT2D eigenvalue weighted by atomic mass is 9.54. The van der Waals surface area contributed by atoms with Crippen LogP contribution in [0.3, 0.4) is 0 Å². The number of unbranched alkanes of at least 4 members (excludes halogenated alkanes) is 2. The second-order valence-corrected chi connectivity index (χ2v) is 11.8. The zero-order valence-electron chi connectivity index (χ0n) is 22.2. The van der Waals surface area contributed by atoms with Gasteiger partial charge in [0.1, 0.15) is 15.5 Å². The van der Waals surface area contributed by atoms with Gasteiger partial charge >= 0.3 is 0 Å². The maximum atomic E-state index is 13.9. The second-order valence-electron chi connectivity index (χ2n) is 10.6. The molecule has 1 saturated heterocycles. The average Bonchev–Trinajstić information content (AvgIpc) is 3.23. The number of anilines is 1. The Kier molecular flexibility index (Phi) is 6.87. The van der Waals surface area contributed by atoms with Gasteiger partial charge in [-0.1, -0.05) is 67.1 Å². The summed E-state index contributed by atoms with van der Waals surface area (Å²) in [5, 5.41) is 2.91. The van der Waals surface area contributed by atoms with Crippen LogP contribution in [0.15, 0.2) is 72.8 Å². The third-order valence-electron chi connectivity index (χ3n) is 8.42. The molecular weight excluding hydrogens is 547 g/mol. The molecule has 4 aliphatic rings. The quantitative estimate of drug-likeness (QED) is 0.187. The molecule has 0 spiro atoms. The topological polar surface area (TPSA) is 75.7 Å². The first-order valence-electron chi connectivity index (χ1n) is 13.8. The number of imide groups is 1. The van der Waals surface area contributed by atoms with Crippen LogP contribution in [0.1, 0.15) is 54.9 Å². The molecule has 3 aromatic rings. The number of carbonyl (C=O) groups excluding carboxylic acids is 3. The predicted molar refractivity (Wildman–Crippen MR) is 155 cm³/mol. The number of alkyl halides is 2. The van der Waals surface area contributed by atoms with E-state index in [0.717, 1.165) is 22.3 Å². The van der Waals surface area contributed by atoms with E-state index in [1.54, 1.807) is 0 Å². The SMILES string of the molecule is CCOc1ccccc1NC(=O)CCCCCN1C(=O)[C@H]2[C@H](C1=O)C1(Cl)c3ccccc3C2(Cl)c2ccccc21. The van der Waals surface area contributed by atoms with E-state index in [1.165, 1.54) is 4.90 Å². The predicted octanol–water partition coefficient (Wildman–Crippen LogP) is 6.18. The highest BCUT2D eigenvalue weighted by Crippen LogP contribution is 2.69. The first-order chi connectivity index (χ1) is 19.3. The van der Waals surface area contributed by atoms with Crippen molar-refractivity contribution in [2.24, 2.45) is 11.8 Å². The van der Waals surface area contributed by atoms with Crippen molar-refractivity contribution < 1.29 is 19.1 Å². The van der Waals surface area contributed by atoms with Crippen molar-refractivity contribution >= 4 is 46.6 Å². The number of ether oxygens (including phenoxy) is 1. The van der Waals surface area contributed by atoms with Crippen molar-refractivity contribution in [2.45, 2.75) is 42.4 Å². The van der Waals surface area contributed by atoms with Crippen molar-refractivity contribution in [3.05, 3.63) is 95.1 Å². The van der Waals surface area contributed by atoms with E-state index >= 15 is 0 Å². The molecule has 2 bridgehead atoms. The van der Waals surface area contributed by atoms with Crippen molar-refractivity contribution in [3.63, 3.8) is 0 Å². The van der Waals surface area contributed by atoms with Crippen LogP contribution in [-0.2, 0) is 24.1 Å². The molecule has 1 fully saturated rings. The third kappa shape index (κ3) is 3.87. The fraction of sp³-hybridized carbons (Fsp3) is 0.344. The molecule has 3 aromatic carbocycles. The zero-order valence-corrected chi connectivity index (χ0v) is 23.7. The van der Waals surface area contributed by atoms with Crippen LogP contribution in [0.2, 0.25) is 0 Å². The average molecular weight is 578 g/mol. The Morgan fingerprint density at radius 2 is 1.30 bits per heavy atom. The van der Waals surface area contributed by atoms with E-state index in [9.17, 15) is 14.4 Å². The summed E-state index contributed by atoms with van der Waals surface area (Å²) in [5.41, 5.74) is 3.84. The maximum Gasteiger partial charge on any atom is 0.235 e. The van der Waals surface area contributed by atoms with E-state index in [4.69, 9.17) is 27.9 Å². The summed E-state index contributed by atoms with van der Waals surface area (Å²) in [6.07, 6.45) is 2.23. The number of rotatable bonds is 9. The number of nitrogens with one attached hydrogen (secondary N) is 1. The van der Waals surface area contributed by atoms with Crippen LogP contribution < -0.4 is 10.1 Å². The number of hydrogen-bond acceptors (Lipinski definition) is 4. The Balaban J connectivity index is 1.14. The number of hydrogen-bond donors (Lipinski definition) is 1. The van der Waals surface area contributed by atoms with Crippen molar-refractivity contribution in [1.29, 1.82) is 0 Å². The Morgan fingerprint density at radius 3 is 1.82 bits per heavy atom. The molecule has 1 N–H and O–H groups in total. The van der Waals surface area contributed by atoms with E-state index in [-0.39, 0.29) is 24.3 Å². The Hall–Kier alpha value is -3.35. The van der Waals surface area contributed by atoms with Crippen LogP contribution in [-0.4, -0.2) is 35.8 Å². The molecule has 0 radical (unpaired) electrons. The monoisotopic (exact) mass is 576 g/mol. The maximum absolute atomic E-state index is 13.9. The highest BCUT2D eigenvalue weighted by atomic mass is 35.5. The summed E-state index contributed by atoms with van der Waals surface area (Å²) in [4.78, 5) is 39.2. The van der Waals surface area contributed by atoms with E-state index < -0.39 is 21.6 Å². The minimum Gasteiger partial charge on any atom is -0.492 e. The molecule has 0 aromatic heterocycles. The van der Waals surface area contributed by atoms with Gasteiger partial charge in [-0.15, -0.1) is 23.2 Å². The molecule has 3 aliphatic carbocycles. The largest absolute Gasteiger partial charge is 0.492 e. The molecule has 0 unspecified atom stereocenters. The number of amides is 3. The van der Waals surface area contributed by atoms with Gasteiger partial charge in [0.2, 0.25) is 17.7 Å². The van der Waals surface area contributed by atoms with Gasteiger partial charge in [-0.2, -0.15) is 0 Å². The number of carbonyl (C=O) groups is 3. The lowest BCUT2D eigenvalue weighted by molar-refractivity contribution is -0.140. The van der Waals surface area contributed by atoms with E-state index in [1.807, 2.05) is 79.7 Å². The van der Waals surface area contributed by atoms with Gasteiger partial charge in [0, 0.05) is 13.0 Å². The van der Waals surface area contributed by atoms with E-state index in [2.05, 4.69) is 5.32 Å². The first-order valence-corrected chi connectivity index (χ1v) is 14.5. The standard InChI is InChI=1S/C32H30Cl2N2O4/c1-2-40-25-17-10-9-16-24(25)35-26(37)18-4-3-11-19-36-29(38)27-28(30(36)39)32(34)21-13-6-5-12-20(21)31(27,33)22-14-7-8-15-23(22)32/h5-10,12-17,27-28H,2-4,11,18-19H2,1H3,(H,35,37)/t27-,28-,31?,32?/m1/s1. The number of benzene rings is 3. The van der Waals surface area contributed by atoms with Gasteiger partial charge in [0.25, 0.3) is 0 Å². The smallest absolute Gasteiger partial charge is 0.235 e. The molecule has 3 amide bonds. The zero-order chi connectivity index (χ0) is 28.1. The summed E-state index contributed by atoms with van der Waals surface area (Å²) in [5.74, 6) is -1.57. The highest BCUT2D eigenvalue weighted by Gasteiger charge is 2.72. The number of halogens is 2. The van der Waals surface area contributed by atoms with Gasteiger partial charge in [-0.25, -0.2) is 0 Å². The van der Waals surface area contributed by atoms with Crippen LogP contribution in [0.25, 0.3) is 0 Å². The molecule has 40 heavy (non-hydrogen) atoms. The molecule has 206 valence electrons. The van der Waals surface area contributed by atoms with Gasteiger partial charge < -0.3 is 10.1 Å². The summed E-state index contributed by atoms with van der Waals surface area (Å²) < 4.78 is 5.57. The molecule has 1 aliphatic heterocycles. The summed E-state index contributed by atoms with van der Waals surface area (Å²) in [6.45, 7) is 2.67. The fourth-order valence-electron chi connectivity index (χ4n) is 6.74. The van der Waals surface area contributed by atoms with Crippen molar-refractivity contribution in [2.75, 3.05) is 18.5 Å². The second kappa shape index (κ2) is 10.2.